The van der Waals surface area contributed by atoms with Crippen LogP contribution in [0.2, 0.25) is 5.02 Å². The smallest absolute Gasteiger partial charge is 0.306 e. The lowest BCUT2D eigenvalue weighted by Gasteiger charge is -2.16. The standard InChI is InChI=1S/C30H31ClFNO10S/c1-14(29(37)38)7-19(34)22-11-16-9-21(27(41-3)24(31)28(16)44-22)43-6-4-5-42-20-10-17-12-33(13-18(17)25(32)26(20)36)23(35)8-15(2)30(39)40/h9-11,14-15,36H,4-8,12-13H2,1-3H3,(H,37,38)(H,39,40). The summed E-state index contributed by atoms with van der Waals surface area (Å²) in [5, 5.41) is 29.4. The minimum atomic E-state index is -1.10. The van der Waals surface area contributed by atoms with Crippen LogP contribution in [-0.4, -0.2) is 64.2 Å². The number of carbonyl (C=O) groups excluding carboxylic acids is 2. The van der Waals surface area contributed by atoms with E-state index in [1.807, 2.05) is 0 Å². The second-order valence-corrected chi connectivity index (χ2v) is 12.0. The maximum absolute atomic E-state index is 14.9. The molecule has 11 nitrogen and oxygen atoms in total. The Labute approximate surface area is 260 Å². The van der Waals surface area contributed by atoms with Crippen LogP contribution in [0, 0.1) is 17.7 Å². The number of carboxylic acids is 2. The molecule has 2 unspecified atom stereocenters. The number of carboxylic acid groups (broad SMARTS) is 2. The molecule has 0 bridgehead atoms. The minimum Gasteiger partial charge on any atom is -0.502 e. The number of aliphatic carboxylic acids is 2. The summed E-state index contributed by atoms with van der Waals surface area (Å²) < 4.78 is 32.4. The number of fused-ring (bicyclic) bond motifs is 2. The topological polar surface area (TPSA) is 160 Å². The van der Waals surface area contributed by atoms with E-state index in [1.54, 1.807) is 12.1 Å². The van der Waals surface area contributed by atoms with Gasteiger partial charge in [0.25, 0.3) is 0 Å². The summed E-state index contributed by atoms with van der Waals surface area (Å²) in [7, 11) is 1.42. The number of ether oxygens (including phenoxy) is 3. The molecule has 0 fully saturated rings. The predicted octanol–water partition coefficient (Wildman–Crippen LogP) is 5.50. The van der Waals surface area contributed by atoms with Crippen molar-refractivity contribution in [1.29, 1.82) is 0 Å². The molecule has 1 aliphatic rings. The second kappa shape index (κ2) is 13.7. The lowest BCUT2D eigenvalue weighted by Crippen LogP contribution is -2.28. The number of aromatic hydroxyl groups is 1. The third kappa shape index (κ3) is 6.99. The molecule has 1 amide bonds. The molecule has 0 saturated carbocycles. The van der Waals surface area contributed by atoms with Gasteiger partial charge >= 0.3 is 11.9 Å². The number of phenols is 1. The monoisotopic (exact) mass is 651 g/mol. The van der Waals surface area contributed by atoms with E-state index in [2.05, 4.69) is 0 Å². The number of thiophene rings is 1. The SMILES string of the molecule is COc1c(OCCCOc2cc3c(c(F)c2O)CN(C(=O)CC(C)C(=O)O)C3)cc2cc(C(=O)CC(C)C(=O)O)sc2c1Cl. The average Bonchev–Trinajstić information content (AvgIpc) is 3.60. The molecule has 236 valence electrons. The summed E-state index contributed by atoms with van der Waals surface area (Å²) in [6, 6.07) is 4.76. The zero-order chi connectivity index (χ0) is 32.3. The number of carbonyl (C=O) groups is 4. The average molecular weight is 652 g/mol. The van der Waals surface area contributed by atoms with Crippen molar-refractivity contribution < 1.29 is 53.1 Å². The number of benzene rings is 2. The molecule has 2 atom stereocenters. The number of nitrogens with zero attached hydrogens (tertiary/aromatic N) is 1. The first-order valence-electron chi connectivity index (χ1n) is 13.7. The summed E-state index contributed by atoms with van der Waals surface area (Å²) in [6.07, 6.45) is -0.0531. The van der Waals surface area contributed by atoms with Crippen LogP contribution >= 0.6 is 22.9 Å². The lowest BCUT2D eigenvalue weighted by atomic mass is 10.0. The summed E-state index contributed by atoms with van der Waals surface area (Å²) in [6.45, 7) is 3.04. The maximum atomic E-state index is 14.9. The van der Waals surface area contributed by atoms with Crippen LogP contribution in [0.15, 0.2) is 18.2 Å². The first-order chi connectivity index (χ1) is 20.8. The van der Waals surface area contributed by atoms with E-state index in [4.69, 9.17) is 36.0 Å². The number of rotatable bonds is 14. The first-order valence-corrected chi connectivity index (χ1v) is 14.9. The molecule has 0 radical (unpaired) electrons. The Kier molecular flexibility index (Phi) is 10.2. The highest BCUT2D eigenvalue weighted by molar-refractivity contribution is 7.21. The number of ketones is 1. The van der Waals surface area contributed by atoms with Gasteiger partial charge in [-0.2, -0.15) is 0 Å². The molecule has 0 saturated heterocycles. The highest BCUT2D eigenvalue weighted by atomic mass is 35.5. The predicted molar refractivity (Wildman–Crippen MR) is 158 cm³/mol. The van der Waals surface area contributed by atoms with Gasteiger partial charge in [0.15, 0.2) is 34.6 Å². The Hall–Kier alpha value is -4.10. The van der Waals surface area contributed by atoms with Crippen LogP contribution in [0.1, 0.15) is 53.9 Å². The fourth-order valence-corrected chi connectivity index (χ4v) is 6.08. The lowest BCUT2D eigenvalue weighted by molar-refractivity contribution is -0.145. The molecule has 1 aliphatic heterocycles. The van der Waals surface area contributed by atoms with Gasteiger partial charge in [-0.3, -0.25) is 19.2 Å². The molecule has 3 N–H and O–H groups in total. The van der Waals surface area contributed by atoms with Gasteiger partial charge in [-0.15, -0.1) is 11.3 Å². The van der Waals surface area contributed by atoms with E-state index in [-0.39, 0.29) is 67.0 Å². The largest absolute Gasteiger partial charge is 0.502 e. The first kappa shape index (κ1) is 32.8. The Morgan fingerprint density at radius 3 is 2.27 bits per heavy atom. The molecule has 1 aromatic heterocycles. The Morgan fingerprint density at radius 2 is 1.64 bits per heavy atom. The van der Waals surface area contributed by atoms with E-state index < -0.39 is 41.2 Å². The Balaban J connectivity index is 1.37. The number of methoxy groups -OCH3 is 1. The van der Waals surface area contributed by atoms with Crippen LogP contribution in [0.5, 0.6) is 23.0 Å². The van der Waals surface area contributed by atoms with Crippen LogP contribution in [0.4, 0.5) is 4.39 Å². The Bertz CT molecular complexity index is 1620. The highest BCUT2D eigenvalue weighted by Gasteiger charge is 2.31. The van der Waals surface area contributed by atoms with Crippen molar-refractivity contribution in [2.75, 3.05) is 20.3 Å². The van der Waals surface area contributed by atoms with Crippen molar-refractivity contribution in [1.82, 2.24) is 4.90 Å². The van der Waals surface area contributed by atoms with Gasteiger partial charge in [0.05, 0.1) is 41.7 Å². The van der Waals surface area contributed by atoms with Crippen LogP contribution < -0.4 is 14.2 Å². The van der Waals surface area contributed by atoms with Crippen LogP contribution in [0.25, 0.3) is 10.1 Å². The second-order valence-electron chi connectivity index (χ2n) is 10.5. The summed E-state index contributed by atoms with van der Waals surface area (Å²) in [5.74, 6) is -5.70. The zero-order valence-corrected chi connectivity index (χ0v) is 25.7. The van der Waals surface area contributed by atoms with E-state index in [9.17, 15) is 28.7 Å². The third-order valence-electron chi connectivity index (χ3n) is 7.23. The molecule has 14 heteroatoms. The Morgan fingerprint density at radius 1 is 1.00 bits per heavy atom. The normalized spacial score (nSPS) is 13.8. The number of Topliss-reactive ketones (excluding diaryl/α,β-unsaturated/α-hetero) is 1. The van der Waals surface area contributed by atoms with E-state index in [0.29, 0.717) is 32.7 Å². The molecule has 2 heterocycles. The molecular formula is C30H31ClFNO10S. The quantitative estimate of drug-likeness (QED) is 0.150. The van der Waals surface area contributed by atoms with Gasteiger partial charge in [-0.25, -0.2) is 4.39 Å². The third-order valence-corrected chi connectivity index (χ3v) is 8.91. The van der Waals surface area contributed by atoms with E-state index in [0.717, 1.165) is 11.3 Å². The van der Waals surface area contributed by atoms with Gasteiger partial charge in [0.1, 0.15) is 5.02 Å². The van der Waals surface area contributed by atoms with Crippen LogP contribution in [0.3, 0.4) is 0 Å². The van der Waals surface area contributed by atoms with E-state index in [1.165, 1.54) is 31.9 Å². The van der Waals surface area contributed by atoms with Crippen molar-refractivity contribution in [2.24, 2.45) is 11.8 Å². The van der Waals surface area contributed by atoms with Crippen molar-refractivity contribution >= 4 is 56.7 Å². The highest BCUT2D eigenvalue weighted by Crippen LogP contribution is 2.45. The molecular weight excluding hydrogens is 621 g/mol. The molecule has 44 heavy (non-hydrogen) atoms. The van der Waals surface area contributed by atoms with Crippen molar-refractivity contribution in [3.8, 4) is 23.0 Å². The molecule has 0 spiro atoms. The minimum absolute atomic E-state index is 0.0434. The van der Waals surface area contributed by atoms with Gasteiger partial charge < -0.3 is 34.4 Å². The molecule has 4 rings (SSSR count). The molecule has 0 aliphatic carbocycles. The summed E-state index contributed by atoms with van der Waals surface area (Å²) in [5.41, 5.74) is 0.616. The number of hydrogen-bond acceptors (Lipinski definition) is 9. The summed E-state index contributed by atoms with van der Waals surface area (Å²) in [4.78, 5) is 49.0. The van der Waals surface area contributed by atoms with Gasteiger partial charge in [-0.1, -0.05) is 25.4 Å². The van der Waals surface area contributed by atoms with Gasteiger partial charge in [-0.05, 0) is 29.1 Å². The van der Waals surface area contributed by atoms with Gasteiger partial charge in [0, 0.05) is 37.9 Å². The molecule has 3 aromatic rings. The number of amides is 1. The summed E-state index contributed by atoms with van der Waals surface area (Å²) >= 11 is 7.69. The van der Waals surface area contributed by atoms with Crippen molar-refractivity contribution in [2.45, 2.75) is 46.2 Å². The van der Waals surface area contributed by atoms with Crippen molar-refractivity contribution in [3.05, 3.63) is 45.0 Å². The van der Waals surface area contributed by atoms with Gasteiger partial charge in [0.2, 0.25) is 5.91 Å². The number of hydrogen-bond donors (Lipinski definition) is 3. The number of phenolic OH excluding ortho intramolecular Hbond substituents is 1. The maximum Gasteiger partial charge on any atom is 0.306 e. The van der Waals surface area contributed by atoms with E-state index >= 15 is 0 Å². The van der Waals surface area contributed by atoms with Crippen molar-refractivity contribution in [3.63, 3.8) is 0 Å². The fraction of sp³-hybridized carbons (Fsp3) is 0.400. The molecule has 2 aromatic carbocycles. The van der Waals surface area contributed by atoms with Crippen LogP contribution in [-0.2, 0) is 27.5 Å². The fourth-order valence-electron chi connectivity index (χ4n) is 4.66. The zero-order valence-electron chi connectivity index (χ0n) is 24.1. The number of halogens is 2.